The number of amides is 2. The molecule has 2 atom stereocenters. The van der Waals surface area contributed by atoms with Crippen molar-refractivity contribution in [2.75, 3.05) is 31.1 Å². The molecule has 0 unspecified atom stereocenters. The predicted molar refractivity (Wildman–Crippen MR) is 118 cm³/mol. The Balaban J connectivity index is 1.57. The Labute approximate surface area is 178 Å². The van der Waals surface area contributed by atoms with Gasteiger partial charge in [-0.15, -0.1) is 0 Å². The second-order valence-electron chi connectivity index (χ2n) is 8.35. The van der Waals surface area contributed by atoms with Gasteiger partial charge in [0.05, 0.1) is 5.41 Å². The normalized spacial score (nSPS) is 21.6. The SMILES string of the molecule is CCCN(CCC)C(=O)CN1C(=O)[C@@]2(COc3ccccc3)C[C@H]2c2ccccc21. The van der Waals surface area contributed by atoms with Crippen molar-refractivity contribution in [3.05, 3.63) is 60.2 Å². The van der Waals surface area contributed by atoms with Gasteiger partial charge in [-0.1, -0.05) is 50.2 Å². The van der Waals surface area contributed by atoms with Crippen molar-refractivity contribution in [2.24, 2.45) is 5.41 Å². The molecule has 5 nitrogen and oxygen atoms in total. The number of nitrogens with zero attached hydrogens (tertiary/aromatic N) is 2. The number of fused-ring (bicyclic) bond motifs is 3. The van der Waals surface area contributed by atoms with Crippen LogP contribution in [0, 0.1) is 5.41 Å². The lowest BCUT2D eigenvalue weighted by Gasteiger charge is -2.35. The van der Waals surface area contributed by atoms with Gasteiger partial charge < -0.3 is 14.5 Å². The lowest BCUT2D eigenvalue weighted by Crippen LogP contribution is -2.49. The largest absolute Gasteiger partial charge is 0.492 e. The number of hydrogen-bond donors (Lipinski definition) is 0. The maximum atomic E-state index is 13.6. The molecule has 1 aliphatic heterocycles. The Bertz CT molecular complexity index is 908. The van der Waals surface area contributed by atoms with Crippen molar-refractivity contribution >= 4 is 17.5 Å². The van der Waals surface area contributed by atoms with E-state index in [1.807, 2.05) is 53.4 Å². The zero-order valence-electron chi connectivity index (χ0n) is 17.8. The van der Waals surface area contributed by atoms with Crippen LogP contribution in [0.1, 0.15) is 44.6 Å². The fourth-order valence-electron chi connectivity index (χ4n) is 4.60. The van der Waals surface area contributed by atoms with Crippen molar-refractivity contribution in [1.29, 1.82) is 0 Å². The number of hydrogen-bond acceptors (Lipinski definition) is 3. The molecule has 158 valence electrons. The summed E-state index contributed by atoms with van der Waals surface area (Å²) in [6.45, 7) is 6.02. The van der Waals surface area contributed by atoms with Gasteiger partial charge in [-0.3, -0.25) is 9.59 Å². The van der Waals surface area contributed by atoms with Gasteiger partial charge in [0, 0.05) is 24.7 Å². The third-order valence-corrected chi connectivity index (χ3v) is 6.22. The van der Waals surface area contributed by atoms with Crippen molar-refractivity contribution in [2.45, 2.75) is 39.0 Å². The van der Waals surface area contributed by atoms with E-state index >= 15 is 0 Å². The first-order chi connectivity index (χ1) is 14.6. The summed E-state index contributed by atoms with van der Waals surface area (Å²) in [5.41, 5.74) is 1.46. The molecule has 1 saturated carbocycles. The molecule has 5 heteroatoms. The van der Waals surface area contributed by atoms with Gasteiger partial charge in [0.1, 0.15) is 18.9 Å². The van der Waals surface area contributed by atoms with E-state index in [2.05, 4.69) is 19.9 Å². The summed E-state index contributed by atoms with van der Waals surface area (Å²) >= 11 is 0. The average molecular weight is 407 g/mol. The molecule has 30 heavy (non-hydrogen) atoms. The van der Waals surface area contributed by atoms with Gasteiger partial charge in [-0.2, -0.15) is 0 Å². The van der Waals surface area contributed by atoms with Crippen molar-refractivity contribution in [3.63, 3.8) is 0 Å². The van der Waals surface area contributed by atoms with Crippen molar-refractivity contribution in [1.82, 2.24) is 4.90 Å². The Kier molecular flexibility index (Phi) is 5.80. The van der Waals surface area contributed by atoms with Crippen LogP contribution in [0.3, 0.4) is 0 Å². The minimum absolute atomic E-state index is 0.0140. The highest BCUT2D eigenvalue weighted by atomic mass is 16.5. The lowest BCUT2D eigenvalue weighted by molar-refractivity contribution is -0.133. The molecule has 2 aromatic rings. The number of carbonyl (C=O) groups excluding carboxylic acids is 2. The molecule has 0 bridgehead atoms. The van der Waals surface area contributed by atoms with Gasteiger partial charge in [0.25, 0.3) is 0 Å². The third-order valence-electron chi connectivity index (χ3n) is 6.22. The van der Waals surface area contributed by atoms with Gasteiger partial charge in [0.15, 0.2) is 0 Å². The van der Waals surface area contributed by atoms with E-state index in [1.54, 1.807) is 4.90 Å². The number of rotatable bonds is 9. The first-order valence-electron chi connectivity index (χ1n) is 11.0. The average Bonchev–Trinajstić information content (AvgIpc) is 3.52. The smallest absolute Gasteiger partial charge is 0.242 e. The van der Waals surface area contributed by atoms with E-state index in [-0.39, 0.29) is 24.3 Å². The first-order valence-corrected chi connectivity index (χ1v) is 11.0. The number of carbonyl (C=O) groups is 2. The van der Waals surface area contributed by atoms with E-state index in [4.69, 9.17) is 4.74 Å². The molecule has 0 spiro atoms. The van der Waals surface area contributed by atoms with Gasteiger partial charge in [-0.05, 0) is 43.0 Å². The van der Waals surface area contributed by atoms with Crippen LogP contribution >= 0.6 is 0 Å². The number of anilines is 1. The van der Waals surface area contributed by atoms with Crippen LogP contribution in [0.15, 0.2) is 54.6 Å². The highest BCUT2D eigenvalue weighted by molar-refractivity contribution is 6.07. The molecular formula is C25H30N2O3. The summed E-state index contributed by atoms with van der Waals surface area (Å²) in [5, 5.41) is 0. The Hall–Kier alpha value is -2.82. The summed E-state index contributed by atoms with van der Waals surface area (Å²) in [4.78, 5) is 30.3. The van der Waals surface area contributed by atoms with E-state index in [0.717, 1.165) is 49.4 Å². The molecule has 4 rings (SSSR count). The molecule has 1 heterocycles. The molecule has 0 radical (unpaired) electrons. The molecule has 0 saturated heterocycles. The summed E-state index contributed by atoms with van der Waals surface area (Å²) < 4.78 is 6.01. The molecule has 2 amide bonds. The van der Waals surface area contributed by atoms with Crippen LogP contribution in [-0.2, 0) is 9.59 Å². The second-order valence-corrected chi connectivity index (χ2v) is 8.35. The second kappa shape index (κ2) is 8.50. The fourth-order valence-corrected chi connectivity index (χ4v) is 4.60. The van der Waals surface area contributed by atoms with E-state index in [0.29, 0.717) is 6.61 Å². The Morgan fingerprint density at radius 1 is 1.07 bits per heavy atom. The van der Waals surface area contributed by atoms with Gasteiger partial charge in [0.2, 0.25) is 11.8 Å². The molecular weight excluding hydrogens is 376 g/mol. The number of benzene rings is 2. The minimum atomic E-state index is -0.565. The maximum Gasteiger partial charge on any atom is 0.242 e. The van der Waals surface area contributed by atoms with Crippen LogP contribution in [0.25, 0.3) is 0 Å². The lowest BCUT2D eigenvalue weighted by atomic mass is 9.92. The fraction of sp³-hybridized carbons (Fsp3) is 0.440. The van der Waals surface area contributed by atoms with Crippen LogP contribution in [0.5, 0.6) is 5.75 Å². The summed E-state index contributed by atoms with van der Waals surface area (Å²) in [5.74, 6) is 0.964. The quantitative estimate of drug-likeness (QED) is 0.626. The van der Waals surface area contributed by atoms with Gasteiger partial charge in [-0.25, -0.2) is 0 Å². The van der Waals surface area contributed by atoms with E-state index in [1.165, 1.54) is 0 Å². The third kappa shape index (κ3) is 3.69. The predicted octanol–water partition coefficient (Wildman–Crippen LogP) is 4.23. The van der Waals surface area contributed by atoms with Crippen LogP contribution in [0.4, 0.5) is 5.69 Å². The van der Waals surface area contributed by atoms with Crippen molar-refractivity contribution in [3.8, 4) is 5.75 Å². The standard InChI is InChI=1S/C25H30N2O3/c1-3-14-26(15-4-2)23(28)17-27-22-13-9-8-12-20(22)21-16-25(21,24(27)29)18-30-19-10-6-5-7-11-19/h5-13,21H,3-4,14-18H2,1-2H3/t21-,25+/m0/s1. The molecule has 1 aliphatic carbocycles. The van der Waals surface area contributed by atoms with E-state index < -0.39 is 5.41 Å². The highest BCUT2D eigenvalue weighted by Crippen LogP contribution is 2.65. The Morgan fingerprint density at radius 3 is 2.43 bits per heavy atom. The van der Waals surface area contributed by atoms with Crippen LogP contribution in [0.2, 0.25) is 0 Å². The number of ether oxygens (including phenoxy) is 1. The monoisotopic (exact) mass is 406 g/mol. The van der Waals surface area contributed by atoms with Crippen molar-refractivity contribution < 1.29 is 14.3 Å². The molecule has 1 fully saturated rings. The Morgan fingerprint density at radius 2 is 1.73 bits per heavy atom. The molecule has 0 N–H and O–H groups in total. The topological polar surface area (TPSA) is 49.9 Å². The minimum Gasteiger partial charge on any atom is -0.492 e. The maximum absolute atomic E-state index is 13.6. The van der Waals surface area contributed by atoms with E-state index in [9.17, 15) is 9.59 Å². The van der Waals surface area contributed by atoms with Gasteiger partial charge >= 0.3 is 0 Å². The molecule has 2 aliphatic rings. The zero-order chi connectivity index (χ0) is 21.1. The summed E-state index contributed by atoms with van der Waals surface area (Å²) in [6, 6.07) is 17.6. The molecule has 0 aromatic heterocycles. The zero-order valence-corrected chi connectivity index (χ0v) is 17.8. The molecule has 2 aromatic carbocycles. The summed E-state index contributed by atoms with van der Waals surface area (Å²) in [6.07, 6.45) is 2.59. The first kappa shape index (κ1) is 20.5. The number of para-hydroxylation sites is 2. The van der Waals surface area contributed by atoms with Crippen LogP contribution < -0.4 is 9.64 Å². The van der Waals surface area contributed by atoms with Crippen LogP contribution in [-0.4, -0.2) is 43.0 Å². The summed E-state index contributed by atoms with van der Waals surface area (Å²) in [7, 11) is 0. The highest BCUT2D eigenvalue weighted by Gasteiger charge is 2.66.